The Morgan fingerprint density at radius 3 is 2.79 bits per heavy atom. The molecule has 0 aromatic heterocycles. The monoisotopic (exact) mass is 197 g/mol. The number of nitrogens with one attached hydrogen (secondary N) is 3. The summed E-state index contributed by atoms with van der Waals surface area (Å²) in [4.78, 5) is 11.3. The van der Waals surface area contributed by atoms with Gasteiger partial charge in [-0.2, -0.15) is 0 Å². The molecule has 14 heavy (non-hydrogen) atoms. The molecule has 80 valence electrons. The summed E-state index contributed by atoms with van der Waals surface area (Å²) in [5.41, 5.74) is 0. The molecule has 1 saturated heterocycles. The van der Waals surface area contributed by atoms with Gasteiger partial charge in [0.05, 0.1) is 6.54 Å². The Hall–Kier alpha value is -0.610. The van der Waals surface area contributed by atoms with E-state index < -0.39 is 0 Å². The van der Waals surface area contributed by atoms with E-state index in [1.807, 2.05) is 0 Å². The fourth-order valence-corrected chi connectivity index (χ4v) is 1.77. The van der Waals surface area contributed by atoms with Gasteiger partial charge in [0.1, 0.15) is 0 Å². The van der Waals surface area contributed by atoms with Gasteiger partial charge in [0.25, 0.3) is 0 Å². The SMILES string of the molecule is O=C(CNC1CCCNC1)NC1CC1. The zero-order chi connectivity index (χ0) is 9.80. The van der Waals surface area contributed by atoms with Gasteiger partial charge >= 0.3 is 0 Å². The molecule has 1 aliphatic carbocycles. The number of piperidine rings is 1. The first-order valence-corrected chi connectivity index (χ1v) is 5.58. The van der Waals surface area contributed by atoms with Crippen molar-refractivity contribution >= 4 is 5.91 Å². The van der Waals surface area contributed by atoms with Crippen LogP contribution in [0, 0.1) is 0 Å². The van der Waals surface area contributed by atoms with E-state index in [-0.39, 0.29) is 5.91 Å². The molecule has 4 heteroatoms. The summed E-state index contributed by atoms with van der Waals surface area (Å²) >= 11 is 0. The molecule has 0 radical (unpaired) electrons. The Balaban J connectivity index is 1.57. The number of hydrogen-bond donors (Lipinski definition) is 3. The number of amides is 1. The predicted molar refractivity (Wildman–Crippen MR) is 55.1 cm³/mol. The van der Waals surface area contributed by atoms with Crippen LogP contribution in [-0.2, 0) is 4.79 Å². The Morgan fingerprint density at radius 1 is 1.29 bits per heavy atom. The average molecular weight is 197 g/mol. The highest BCUT2D eigenvalue weighted by Crippen LogP contribution is 2.18. The Kier molecular flexibility index (Phi) is 3.37. The molecule has 1 heterocycles. The fourth-order valence-electron chi connectivity index (χ4n) is 1.77. The standard InChI is InChI=1S/C10H19N3O/c14-10(13-8-3-4-8)7-12-9-2-1-5-11-6-9/h8-9,11-12H,1-7H2,(H,13,14). The summed E-state index contributed by atoms with van der Waals surface area (Å²) in [6.07, 6.45) is 4.72. The third kappa shape index (κ3) is 3.27. The lowest BCUT2D eigenvalue weighted by atomic mass is 10.1. The lowest BCUT2D eigenvalue weighted by Gasteiger charge is -2.23. The first-order valence-electron chi connectivity index (χ1n) is 5.58. The summed E-state index contributed by atoms with van der Waals surface area (Å²) in [5, 5.41) is 9.57. The molecule has 2 aliphatic rings. The van der Waals surface area contributed by atoms with Gasteiger partial charge in [-0.05, 0) is 32.2 Å². The van der Waals surface area contributed by atoms with Crippen LogP contribution < -0.4 is 16.0 Å². The van der Waals surface area contributed by atoms with E-state index in [4.69, 9.17) is 0 Å². The molecule has 1 saturated carbocycles. The van der Waals surface area contributed by atoms with Crippen LogP contribution in [0.1, 0.15) is 25.7 Å². The number of rotatable bonds is 4. The van der Waals surface area contributed by atoms with Gasteiger partial charge in [0.15, 0.2) is 0 Å². The second-order valence-corrected chi connectivity index (χ2v) is 4.27. The summed E-state index contributed by atoms with van der Waals surface area (Å²) in [6.45, 7) is 2.59. The van der Waals surface area contributed by atoms with Crippen molar-refractivity contribution in [2.45, 2.75) is 37.8 Å². The minimum absolute atomic E-state index is 0.151. The van der Waals surface area contributed by atoms with Crippen molar-refractivity contribution in [3.63, 3.8) is 0 Å². The van der Waals surface area contributed by atoms with E-state index in [1.165, 1.54) is 12.8 Å². The zero-order valence-electron chi connectivity index (χ0n) is 8.51. The van der Waals surface area contributed by atoms with E-state index in [0.29, 0.717) is 18.6 Å². The minimum Gasteiger partial charge on any atom is -0.352 e. The molecule has 0 spiro atoms. The Morgan fingerprint density at radius 2 is 2.14 bits per heavy atom. The maximum atomic E-state index is 11.3. The summed E-state index contributed by atoms with van der Waals surface area (Å²) in [5.74, 6) is 0.151. The fraction of sp³-hybridized carbons (Fsp3) is 0.900. The van der Waals surface area contributed by atoms with Gasteiger partial charge in [-0.25, -0.2) is 0 Å². The number of carbonyl (C=O) groups excluding carboxylic acids is 1. The molecule has 0 aromatic rings. The van der Waals surface area contributed by atoms with Crippen LogP contribution >= 0.6 is 0 Å². The highest BCUT2D eigenvalue weighted by Gasteiger charge is 2.23. The molecule has 0 bridgehead atoms. The minimum atomic E-state index is 0.151. The molecule has 1 amide bonds. The normalized spacial score (nSPS) is 27.3. The summed E-state index contributed by atoms with van der Waals surface area (Å²) in [6, 6.07) is 0.961. The number of hydrogen-bond acceptors (Lipinski definition) is 3. The summed E-state index contributed by atoms with van der Waals surface area (Å²) in [7, 11) is 0. The van der Waals surface area contributed by atoms with Gasteiger partial charge in [0, 0.05) is 18.6 Å². The van der Waals surface area contributed by atoms with Crippen LogP contribution in [0.15, 0.2) is 0 Å². The van der Waals surface area contributed by atoms with Crippen molar-refractivity contribution in [2.24, 2.45) is 0 Å². The van der Waals surface area contributed by atoms with Crippen LogP contribution in [0.25, 0.3) is 0 Å². The highest BCUT2D eigenvalue weighted by molar-refractivity contribution is 5.78. The largest absolute Gasteiger partial charge is 0.352 e. The molecule has 1 unspecified atom stereocenters. The molecule has 4 nitrogen and oxygen atoms in total. The molecular formula is C10H19N3O. The highest BCUT2D eigenvalue weighted by atomic mass is 16.2. The molecule has 3 N–H and O–H groups in total. The second kappa shape index (κ2) is 4.75. The molecule has 1 atom stereocenters. The van der Waals surface area contributed by atoms with E-state index in [2.05, 4.69) is 16.0 Å². The van der Waals surface area contributed by atoms with Crippen molar-refractivity contribution in [3.05, 3.63) is 0 Å². The lowest BCUT2D eigenvalue weighted by molar-refractivity contribution is -0.120. The van der Waals surface area contributed by atoms with Gasteiger partial charge in [-0.3, -0.25) is 4.79 Å². The quantitative estimate of drug-likeness (QED) is 0.575. The topological polar surface area (TPSA) is 53.2 Å². The van der Waals surface area contributed by atoms with Crippen molar-refractivity contribution in [1.29, 1.82) is 0 Å². The van der Waals surface area contributed by atoms with Crippen LogP contribution in [0.3, 0.4) is 0 Å². The first kappa shape index (κ1) is 9.93. The Labute approximate surface area is 84.8 Å². The molecule has 0 aromatic carbocycles. The van der Waals surface area contributed by atoms with Gasteiger partial charge in [-0.1, -0.05) is 0 Å². The molecule has 2 fully saturated rings. The smallest absolute Gasteiger partial charge is 0.234 e. The average Bonchev–Trinajstić information content (AvgIpc) is 3.00. The van der Waals surface area contributed by atoms with E-state index in [0.717, 1.165) is 25.9 Å². The van der Waals surface area contributed by atoms with Crippen LogP contribution in [0.4, 0.5) is 0 Å². The van der Waals surface area contributed by atoms with E-state index in [9.17, 15) is 4.79 Å². The third-order valence-electron chi connectivity index (χ3n) is 2.79. The lowest BCUT2D eigenvalue weighted by Crippen LogP contribution is -2.46. The van der Waals surface area contributed by atoms with Gasteiger partial charge in [-0.15, -0.1) is 0 Å². The van der Waals surface area contributed by atoms with Crippen LogP contribution in [-0.4, -0.2) is 37.6 Å². The summed E-state index contributed by atoms with van der Waals surface area (Å²) < 4.78 is 0. The van der Waals surface area contributed by atoms with E-state index in [1.54, 1.807) is 0 Å². The van der Waals surface area contributed by atoms with E-state index >= 15 is 0 Å². The maximum absolute atomic E-state index is 11.3. The second-order valence-electron chi connectivity index (χ2n) is 4.27. The van der Waals surface area contributed by atoms with Gasteiger partial charge < -0.3 is 16.0 Å². The van der Waals surface area contributed by atoms with Crippen LogP contribution in [0.2, 0.25) is 0 Å². The molecule has 1 aliphatic heterocycles. The Bertz CT molecular complexity index is 198. The molecule has 2 rings (SSSR count). The predicted octanol–water partition coefficient (Wildman–Crippen LogP) is -0.393. The first-order chi connectivity index (χ1) is 6.84. The zero-order valence-corrected chi connectivity index (χ0v) is 8.51. The van der Waals surface area contributed by atoms with Gasteiger partial charge in [0.2, 0.25) is 5.91 Å². The van der Waals surface area contributed by atoms with Crippen molar-refractivity contribution in [3.8, 4) is 0 Å². The third-order valence-corrected chi connectivity index (χ3v) is 2.79. The van der Waals surface area contributed by atoms with Crippen molar-refractivity contribution in [1.82, 2.24) is 16.0 Å². The maximum Gasteiger partial charge on any atom is 0.234 e. The van der Waals surface area contributed by atoms with Crippen LogP contribution in [0.5, 0.6) is 0 Å². The van der Waals surface area contributed by atoms with Crippen molar-refractivity contribution < 1.29 is 4.79 Å². The van der Waals surface area contributed by atoms with Crippen molar-refractivity contribution in [2.75, 3.05) is 19.6 Å². The molecular weight excluding hydrogens is 178 g/mol. The number of carbonyl (C=O) groups is 1.